The molecule has 0 atom stereocenters. The minimum atomic E-state index is -0.761. The average Bonchev–Trinajstić information content (AvgIpc) is 2.18. The molecule has 1 fully saturated rings. The Labute approximate surface area is 103 Å². The maximum Gasteiger partial charge on any atom is 0.0935 e. The number of hydrogen-bond donors (Lipinski definition) is 2. The molecule has 0 bridgehead atoms. The molecule has 2 rings (SSSR count). The van der Waals surface area contributed by atoms with Crippen molar-refractivity contribution in [1.29, 1.82) is 0 Å². The van der Waals surface area contributed by atoms with E-state index >= 15 is 0 Å². The van der Waals surface area contributed by atoms with Crippen LogP contribution in [0.4, 0.5) is 0 Å². The molecule has 1 aromatic carbocycles. The van der Waals surface area contributed by atoms with Crippen LogP contribution in [0, 0.1) is 0 Å². The topological polar surface area (TPSA) is 32.3 Å². The summed E-state index contributed by atoms with van der Waals surface area (Å²) in [5.74, 6) is 0. The van der Waals surface area contributed by atoms with Gasteiger partial charge in [0.25, 0.3) is 0 Å². The zero-order valence-corrected chi connectivity index (χ0v) is 10.6. The zero-order chi connectivity index (χ0) is 10.9. The quantitative estimate of drug-likeness (QED) is 0.833. The molecule has 0 unspecified atom stereocenters. The predicted molar refractivity (Wildman–Crippen MR) is 65.2 cm³/mol. The fourth-order valence-corrected chi connectivity index (χ4v) is 2.83. The van der Waals surface area contributed by atoms with Crippen LogP contribution in [0.2, 0.25) is 5.02 Å². The van der Waals surface area contributed by atoms with Crippen molar-refractivity contribution in [2.24, 2.45) is 0 Å². The van der Waals surface area contributed by atoms with Gasteiger partial charge in [0.15, 0.2) is 0 Å². The molecule has 2 N–H and O–H groups in total. The molecule has 2 nitrogen and oxygen atoms in total. The third-order valence-electron chi connectivity index (χ3n) is 2.86. The summed E-state index contributed by atoms with van der Waals surface area (Å²) in [6, 6.07) is 5.65. The summed E-state index contributed by atoms with van der Waals surface area (Å²) in [4.78, 5) is 0. The molecule has 0 aliphatic carbocycles. The van der Waals surface area contributed by atoms with Gasteiger partial charge in [0.2, 0.25) is 0 Å². The minimum Gasteiger partial charge on any atom is -0.385 e. The van der Waals surface area contributed by atoms with Crippen molar-refractivity contribution in [3.8, 4) is 0 Å². The lowest BCUT2D eigenvalue weighted by Gasteiger charge is -2.33. The molecule has 1 saturated heterocycles. The largest absolute Gasteiger partial charge is 0.385 e. The first-order valence-corrected chi connectivity index (χ1v) is 6.17. The maximum absolute atomic E-state index is 10.5. The van der Waals surface area contributed by atoms with Crippen LogP contribution in [0.3, 0.4) is 0 Å². The smallest absolute Gasteiger partial charge is 0.0935 e. The van der Waals surface area contributed by atoms with Gasteiger partial charge in [0, 0.05) is 15.1 Å². The van der Waals surface area contributed by atoms with Crippen LogP contribution in [0.1, 0.15) is 18.4 Å². The molecule has 1 aliphatic rings. The lowest BCUT2D eigenvalue weighted by atomic mass is 9.85. The molecule has 4 heteroatoms. The van der Waals surface area contributed by atoms with E-state index in [0.717, 1.165) is 23.1 Å². The van der Waals surface area contributed by atoms with Crippen molar-refractivity contribution < 1.29 is 5.11 Å². The van der Waals surface area contributed by atoms with E-state index in [1.165, 1.54) is 0 Å². The van der Waals surface area contributed by atoms with Crippen molar-refractivity contribution in [2.75, 3.05) is 13.1 Å². The summed E-state index contributed by atoms with van der Waals surface area (Å²) >= 11 is 9.50. The highest BCUT2D eigenvalue weighted by Gasteiger charge is 2.32. The Hall–Kier alpha value is -0.0900. The number of rotatable bonds is 1. The van der Waals surface area contributed by atoms with Crippen molar-refractivity contribution in [3.63, 3.8) is 0 Å². The SMILES string of the molecule is OC1(c2ccc(Br)cc2Cl)CCNCC1. The molecule has 0 spiro atoms. The third-order valence-corrected chi connectivity index (χ3v) is 3.67. The van der Waals surface area contributed by atoms with Gasteiger partial charge in [0.05, 0.1) is 5.60 Å². The molecule has 15 heavy (non-hydrogen) atoms. The number of benzene rings is 1. The normalized spacial score (nSPS) is 20.2. The van der Waals surface area contributed by atoms with Crippen molar-refractivity contribution in [3.05, 3.63) is 33.3 Å². The molecular weight excluding hydrogens is 277 g/mol. The summed E-state index contributed by atoms with van der Waals surface area (Å²) in [5, 5.41) is 14.3. The summed E-state index contributed by atoms with van der Waals surface area (Å²) in [7, 11) is 0. The van der Waals surface area contributed by atoms with Gasteiger partial charge in [0.1, 0.15) is 0 Å². The van der Waals surface area contributed by atoms with Gasteiger partial charge < -0.3 is 10.4 Å². The highest BCUT2D eigenvalue weighted by molar-refractivity contribution is 9.10. The number of piperidine rings is 1. The van der Waals surface area contributed by atoms with Crippen molar-refractivity contribution in [1.82, 2.24) is 5.32 Å². The third kappa shape index (κ3) is 2.36. The fourth-order valence-electron chi connectivity index (χ4n) is 1.98. The van der Waals surface area contributed by atoms with E-state index in [1.807, 2.05) is 18.2 Å². The van der Waals surface area contributed by atoms with E-state index in [2.05, 4.69) is 21.2 Å². The van der Waals surface area contributed by atoms with E-state index < -0.39 is 5.60 Å². The Bertz CT molecular complexity index is 364. The number of halogens is 2. The van der Waals surface area contributed by atoms with Crippen LogP contribution in [-0.2, 0) is 5.60 Å². The Morgan fingerprint density at radius 2 is 2.00 bits per heavy atom. The van der Waals surface area contributed by atoms with Gasteiger partial charge >= 0.3 is 0 Å². The Morgan fingerprint density at radius 1 is 1.33 bits per heavy atom. The Morgan fingerprint density at radius 3 is 2.60 bits per heavy atom. The first-order chi connectivity index (χ1) is 7.12. The van der Waals surface area contributed by atoms with Crippen molar-refractivity contribution >= 4 is 27.5 Å². The lowest BCUT2D eigenvalue weighted by molar-refractivity contribution is 0.00603. The molecule has 0 saturated carbocycles. The standard InChI is InChI=1S/C11H13BrClNO/c12-8-1-2-9(10(13)7-8)11(15)3-5-14-6-4-11/h1-2,7,14-15H,3-6H2. The molecule has 82 valence electrons. The monoisotopic (exact) mass is 289 g/mol. The van der Waals surface area contributed by atoms with Crippen LogP contribution in [-0.4, -0.2) is 18.2 Å². The van der Waals surface area contributed by atoms with Gasteiger partial charge in [-0.1, -0.05) is 33.6 Å². The van der Waals surface area contributed by atoms with Crippen LogP contribution < -0.4 is 5.32 Å². The summed E-state index contributed by atoms with van der Waals surface area (Å²) < 4.78 is 0.939. The number of aliphatic hydroxyl groups is 1. The van der Waals surface area contributed by atoms with Crippen LogP contribution >= 0.6 is 27.5 Å². The molecule has 0 amide bonds. The summed E-state index contributed by atoms with van der Waals surface area (Å²) in [6.45, 7) is 1.67. The van der Waals surface area contributed by atoms with Gasteiger partial charge in [-0.25, -0.2) is 0 Å². The molecule has 1 heterocycles. The van der Waals surface area contributed by atoms with Crippen LogP contribution in [0.15, 0.2) is 22.7 Å². The van der Waals surface area contributed by atoms with E-state index in [9.17, 15) is 5.11 Å². The fraction of sp³-hybridized carbons (Fsp3) is 0.455. The van der Waals surface area contributed by atoms with Gasteiger partial charge in [-0.05, 0) is 38.1 Å². The molecule has 0 aromatic heterocycles. The Kier molecular flexibility index (Phi) is 3.36. The summed E-state index contributed by atoms with van der Waals surface area (Å²) in [6.07, 6.45) is 1.43. The van der Waals surface area contributed by atoms with Gasteiger partial charge in [-0.2, -0.15) is 0 Å². The highest BCUT2D eigenvalue weighted by Crippen LogP contribution is 2.36. The molecule has 0 radical (unpaired) electrons. The zero-order valence-electron chi connectivity index (χ0n) is 8.26. The van der Waals surface area contributed by atoms with Crippen LogP contribution in [0.25, 0.3) is 0 Å². The Balaban J connectivity index is 2.35. The van der Waals surface area contributed by atoms with Gasteiger partial charge in [-0.3, -0.25) is 0 Å². The second-order valence-corrected chi connectivity index (χ2v) is 5.23. The number of hydrogen-bond acceptors (Lipinski definition) is 2. The minimum absolute atomic E-state index is 0.633. The second-order valence-electron chi connectivity index (χ2n) is 3.91. The first kappa shape index (κ1) is 11.4. The van der Waals surface area contributed by atoms with E-state index in [1.54, 1.807) is 0 Å². The highest BCUT2D eigenvalue weighted by atomic mass is 79.9. The lowest BCUT2D eigenvalue weighted by Crippen LogP contribution is -2.39. The van der Waals surface area contributed by atoms with Crippen LogP contribution in [0.5, 0.6) is 0 Å². The average molecular weight is 291 g/mol. The predicted octanol–water partition coefficient (Wildman–Crippen LogP) is 2.67. The number of nitrogens with one attached hydrogen (secondary N) is 1. The maximum atomic E-state index is 10.5. The van der Waals surface area contributed by atoms with Gasteiger partial charge in [-0.15, -0.1) is 0 Å². The second kappa shape index (κ2) is 4.42. The first-order valence-electron chi connectivity index (χ1n) is 5.00. The van der Waals surface area contributed by atoms with E-state index in [0.29, 0.717) is 17.9 Å². The van der Waals surface area contributed by atoms with Crippen molar-refractivity contribution in [2.45, 2.75) is 18.4 Å². The summed E-state index contributed by atoms with van der Waals surface area (Å²) in [5.41, 5.74) is 0.0807. The molecular formula is C11H13BrClNO. The molecule has 1 aromatic rings. The van der Waals surface area contributed by atoms with E-state index in [-0.39, 0.29) is 0 Å². The van der Waals surface area contributed by atoms with E-state index in [4.69, 9.17) is 11.6 Å². The molecule has 1 aliphatic heterocycles.